The molecule has 1 N–H and O–H groups in total. The summed E-state index contributed by atoms with van der Waals surface area (Å²) >= 11 is 0. The smallest absolute Gasteiger partial charge is 0.258 e. The molecule has 2 aromatic rings. The molecule has 1 amide bonds. The summed E-state index contributed by atoms with van der Waals surface area (Å²) in [7, 11) is -3.01. The van der Waals surface area contributed by atoms with Crippen molar-refractivity contribution in [3.8, 4) is 5.88 Å². The second kappa shape index (κ2) is 5.88. The number of carbonyl (C=O) groups is 1. The van der Waals surface area contributed by atoms with Gasteiger partial charge in [0.15, 0.2) is 16.4 Å². The highest BCUT2D eigenvalue weighted by Crippen LogP contribution is 2.20. The number of hydrogen-bond acceptors (Lipinski definition) is 6. The van der Waals surface area contributed by atoms with Gasteiger partial charge in [0.1, 0.15) is 6.33 Å². The van der Waals surface area contributed by atoms with Crippen LogP contribution < -0.4 is 10.1 Å². The van der Waals surface area contributed by atoms with Crippen molar-refractivity contribution in [3.05, 3.63) is 30.6 Å². The highest BCUT2D eigenvalue weighted by Gasteiger charge is 2.28. The van der Waals surface area contributed by atoms with Crippen molar-refractivity contribution in [3.63, 3.8) is 0 Å². The molecule has 3 rings (SSSR count). The minimum absolute atomic E-state index is 0.00478. The molecule has 0 aliphatic carbocycles. The number of fused-ring (bicyclic) bond motifs is 1. The predicted molar refractivity (Wildman–Crippen MR) is 80.2 cm³/mol. The van der Waals surface area contributed by atoms with Gasteiger partial charge < -0.3 is 10.1 Å². The Morgan fingerprint density at radius 3 is 2.91 bits per heavy atom. The fourth-order valence-corrected chi connectivity index (χ4v) is 4.08. The second-order valence-electron chi connectivity index (χ2n) is 5.15. The highest BCUT2D eigenvalue weighted by molar-refractivity contribution is 7.91. The van der Waals surface area contributed by atoms with Crippen LogP contribution in [0.5, 0.6) is 5.88 Å². The molecule has 1 aliphatic heterocycles. The summed E-state index contributed by atoms with van der Waals surface area (Å²) in [4.78, 5) is 20.0. The molecule has 0 bridgehead atoms. The lowest BCUT2D eigenvalue weighted by atomic mass is 10.2. The van der Waals surface area contributed by atoms with E-state index in [1.165, 1.54) is 6.33 Å². The van der Waals surface area contributed by atoms with Crippen molar-refractivity contribution in [1.29, 1.82) is 0 Å². The van der Waals surface area contributed by atoms with Crippen LogP contribution in [-0.2, 0) is 14.6 Å². The van der Waals surface area contributed by atoms with Gasteiger partial charge in [0.05, 0.1) is 22.4 Å². The van der Waals surface area contributed by atoms with E-state index in [0.717, 1.165) is 10.9 Å². The molecule has 1 aromatic carbocycles. The van der Waals surface area contributed by atoms with E-state index in [2.05, 4.69) is 15.3 Å². The summed E-state index contributed by atoms with van der Waals surface area (Å²) in [6.45, 7) is -0.211. The Morgan fingerprint density at radius 2 is 2.14 bits per heavy atom. The number of rotatable bonds is 4. The van der Waals surface area contributed by atoms with Crippen molar-refractivity contribution in [2.24, 2.45) is 0 Å². The molecule has 2 heterocycles. The van der Waals surface area contributed by atoms with E-state index in [1.54, 1.807) is 0 Å². The van der Waals surface area contributed by atoms with Gasteiger partial charge in [0.2, 0.25) is 5.88 Å². The first-order chi connectivity index (χ1) is 10.5. The van der Waals surface area contributed by atoms with Gasteiger partial charge in [-0.3, -0.25) is 4.79 Å². The Morgan fingerprint density at radius 1 is 1.32 bits per heavy atom. The quantitative estimate of drug-likeness (QED) is 0.870. The van der Waals surface area contributed by atoms with Gasteiger partial charge in [-0.1, -0.05) is 12.1 Å². The van der Waals surface area contributed by atoms with Crippen LogP contribution >= 0.6 is 0 Å². The van der Waals surface area contributed by atoms with E-state index in [4.69, 9.17) is 4.74 Å². The van der Waals surface area contributed by atoms with E-state index in [1.807, 2.05) is 24.3 Å². The lowest BCUT2D eigenvalue weighted by molar-refractivity contribution is -0.123. The van der Waals surface area contributed by atoms with E-state index >= 15 is 0 Å². The fourth-order valence-electron chi connectivity index (χ4n) is 2.41. The van der Waals surface area contributed by atoms with Crippen molar-refractivity contribution in [1.82, 2.24) is 15.3 Å². The molecule has 1 aliphatic rings. The van der Waals surface area contributed by atoms with Crippen molar-refractivity contribution < 1.29 is 17.9 Å². The zero-order valence-electron chi connectivity index (χ0n) is 11.7. The van der Waals surface area contributed by atoms with E-state index in [9.17, 15) is 13.2 Å². The molecule has 0 radical (unpaired) electrons. The van der Waals surface area contributed by atoms with E-state index in [-0.39, 0.29) is 30.1 Å². The standard InChI is InChI=1S/C14H15N3O4S/c18-13(17-10-5-6-22(19,20)8-10)7-21-14-11-3-1-2-4-12(11)15-9-16-14/h1-4,9-10H,5-8H2,(H,17,18)/t10-/m1/s1. The summed E-state index contributed by atoms with van der Waals surface area (Å²) in [5, 5.41) is 3.39. The number of nitrogens with zero attached hydrogens (tertiary/aromatic N) is 2. The van der Waals surface area contributed by atoms with Gasteiger partial charge >= 0.3 is 0 Å². The molecule has 0 unspecified atom stereocenters. The predicted octanol–water partition coefficient (Wildman–Crippen LogP) is 0.312. The van der Waals surface area contributed by atoms with Crippen LogP contribution in [0.2, 0.25) is 0 Å². The van der Waals surface area contributed by atoms with Crippen LogP contribution in [-0.4, -0.2) is 48.4 Å². The van der Waals surface area contributed by atoms with Crippen LogP contribution in [0.15, 0.2) is 30.6 Å². The molecule has 8 heteroatoms. The first-order valence-electron chi connectivity index (χ1n) is 6.86. The fraction of sp³-hybridized carbons (Fsp3) is 0.357. The molecule has 22 heavy (non-hydrogen) atoms. The monoisotopic (exact) mass is 321 g/mol. The lowest BCUT2D eigenvalue weighted by Crippen LogP contribution is -2.38. The summed E-state index contributed by atoms with van der Waals surface area (Å²) in [6, 6.07) is 7.00. The number of hydrogen-bond donors (Lipinski definition) is 1. The van der Waals surface area contributed by atoms with Crippen molar-refractivity contribution in [2.45, 2.75) is 12.5 Å². The van der Waals surface area contributed by atoms with Gasteiger partial charge in [-0.15, -0.1) is 0 Å². The largest absolute Gasteiger partial charge is 0.467 e. The maximum atomic E-state index is 11.8. The summed E-state index contributed by atoms with van der Waals surface area (Å²) in [5.41, 5.74) is 0.731. The van der Waals surface area contributed by atoms with Gasteiger partial charge in [0, 0.05) is 6.04 Å². The second-order valence-corrected chi connectivity index (χ2v) is 7.38. The minimum Gasteiger partial charge on any atom is -0.467 e. The first-order valence-corrected chi connectivity index (χ1v) is 8.68. The normalized spacial score (nSPS) is 19.9. The Hall–Kier alpha value is -2.22. The number of ether oxygens (including phenoxy) is 1. The van der Waals surface area contributed by atoms with E-state index < -0.39 is 9.84 Å². The Kier molecular flexibility index (Phi) is 3.93. The zero-order valence-corrected chi connectivity index (χ0v) is 12.5. The van der Waals surface area contributed by atoms with Gasteiger partial charge in [-0.2, -0.15) is 0 Å². The van der Waals surface area contributed by atoms with Crippen molar-refractivity contribution >= 4 is 26.6 Å². The maximum absolute atomic E-state index is 11.8. The number of para-hydroxylation sites is 1. The molecule has 116 valence electrons. The first kappa shape index (κ1) is 14.7. The topological polar surface area (TPSA) is 98.2 Å². The number of benzene rings is 1. The summed E-state index contributed by atoms with van der Waals surface area (Å²) in [6.07, 6.45) is 1.82. The molecule has 0 saturated carbocycles. The average Bonchev–Trinajstić information content (AvgIpc) is 2.84. The molecule has 0 spiro atoms. The van der Waals surface area contributed by atoms with Gasteiger partial charge in [-0.05, 0) is 18.6 Å². The third kappa shape index (κ3) is 3.33. The third-order valence-electron chi connectivity index (χ3n) is 3.44. The molecule has 1 saturated heterocycles. The Labute approximate surface area is 127 Å². The number of amides is 1. The Bertz CT molecular complexity index is 801. The summed E-state index contributed by atoms with van der Waals surface area (Å²) < 4.78 is 28.1. The average molecular weight is 321 g/mol. The highest BCUT2D eigenvalue weighted by atomic mass is 32.2. The minimum atomic E-state index is -3.01. The van der Waals surface area contributed by atoms with Crippen LogP contribution in [0, 0.1) is 0 Å². The van der Waals surface area contributed by atoms with Crippen molar-refractivity contribution in [2.75, 3.05) is 18.1 Å². The number of aromatic nitrogens is 2. The van der Waals surface area contributed by atoms with E-state index in [0.29, 0.717) is 12.3 Å². The van der Waals surface area contributed by atoms with Gasteiger partial charge in [0.25, 0.3) is 5.91 Å². The molecular formula is C14H15N3O4S. The Balaban J connectivity index is 1.61. The number of carbonyl (C=O) groups excluding carboxylic acids is 1. The maximum Gasteiger partial charge on any atom is 0.258 e. The third-order valence-corrected chi connectivity index (χ3v) is 5.21. The molecular weight excluding hydrogens is 306 g/mol. The van der Waals surface area contributed by atoms with Crippen LogP contribution in [0.4, 0.5) is 0 Å². The van der Waals surface area contributed by atoms with Crippen LogP contribution in [0.3, 0.4) is 0 Å². The van der Waals surface area contributed by atoms with Crippen LogP contribution in [0.1, 0.15) is 6.42 Å². The lowest BCUT2D eigenvalue weighted by Gasteiger charge is -2.11. The molecule has 1 fully saturated rings. The number of sulfone groups is 1. The molecule has 1 atom stereocenters. The van der Waals surface area contributed by atoms with Crippen LogP contribution in [0.25, 0.3) is 10.9 Å². The zero-order chi connectivity index (χ0) is 15.6. The summed E-state index contributed by atoms with van der Waals surface area (Å²) in [5.74, 6) is 0.0921. The molecule has 1 aromatic heterocycles. The molecule has 7 nitrogen and oxygen atoms in total. The SMILES string of the molecule is O=C(COc1ncnc2ccccc12)N[C@@H]1CCS(=O)(=O)C1. The van der Waals surface area contributed by atoms with Gasteiger partial charge in [-0.25, -0.2) is 18.4 Å². The number of nitrogens with one attached hydrogen (secondary N) is 1.